The first kappa shape index (κ1) is 15.9. The predicted octanol–water partition coefficient (Wildman–Crippen LogP) is 2.71. The molecule has 0 aromatic carbocycles. The summed E-state index contributed by atoms with van der Waals surface area (Å²) in [6.07, 6.45) is 7.82. The van der Waals surface area contributed by atoms with E-state index < -0.39 is 5.60 Å². The van der Waals surface area contributed by atoms with Gasteiger partial charge in [0.1, 0.15) is 0 Å². The molecular weight excluding hydrogens is 226 g/mol. The van der Waals surface area contributed by atoms with E-state index in [0.717, 1.165) is 18.8 Å². The Balaban J connectivity index is 2.64. The highest BCUT2D eigenvalue weighted by Gasteiger charge is 2.47. The van der Waals surface area contributed by atoms with E-state index in [1.54, 1.807) is 7.11 Å². The van der Waals surface area contributed by atoms with Crippen LogP contribution < -0.4 is 5.73 Å². The van der Waals surface area contributed by atoms with Crippen LogP contribution in [-0.4, -0.2) is 31.0 Å². The number of methoxy groups -OCH3 is 1. The molecule has 3 N–H and O–H groups in total. The van der Waals surface area contributed by atoms with Crippen molar-refractivity contribution in [3.8, 4) is 0 Å². The summed E-state index contributed by atoms with van der Waals surface area (Å²) in [7, 11) is 1.68. The number of nitrogens with two attached hydrogens (primary N) is 1. The van der Waals surface area contributed by atoms with E-state index in [2.05, 4.69) is 6.92 Å². The average molecular weight is 257 g/mol. The smallest absolute Gasteiger partial charge is 0.0709 e. The van der Waals surface area contributed by atoms with Crippen molar-refractivity contribution in [3.05, 3.63) is 0 Å². The molecule has 1 aliphatic rings. The van der Waals surface area contributed by atoms with Gasteiger partial charge in [0, 0.05) is 25.7 Å². The minimum Gasteiger partial charge on any atom is -0.389 e. The summed E-state index contributed by atoms with van der Waals surface area (Å²) in [6.45, 7) is 5.38. The van der Waals surface area contributed by atoms with Crippen molar-refractivity contribution in [1.29, 1.82) is 0 Å². The second-order valence-corrected chi connectivity index (χ2v) is 6.23. The van der Waals surface area contributed by atoms with Gasteiger partial charge in [0.05, 0.1) is 5.60 Å². The van der Waals surface area contributed by atoms with Crippen LogP contribution >= 0.6 is 0 Å². The summed E-state index contributed by atoms with van der Waals surface area (Å²) in [5, 5.41) is 10.8. The van der Waals surface area contributed by atoms with Crippen molar-refractivity contribution in [2.75, 3.05) is 20.3 Å². The van der Waals surface area contributed by atoms with Crippen LogP contribution in [0.15, 0.2) is 0 Å². The first-order chi connectivity index (χ1) is 8.51. The molecule has 1 rings (SSSR count). The molecule has 0 heterocycles. The Labute approximate surface area is 112 Å². The highest BCUT2D eigenvalue weighted by Crippen LogP contribution is 2.48. The zero-order valence-corrected chi connectivity index (χ0v) is 12.4. The fourth-order valence-electron chi connectivity index (χ4n) is 3.46. The maximum absolute atomic E-state index is 10.8. The van der Waals surface area contributed by atoms with E-state index in [0.29, 0.717) is 19.6 Å². The lowest BCUT2D eigenvalue weighted by molar-refractivity contribution is -0.106. The first-order valence-electron chi connectivity index (χ1n) is 7.42. The van der Waals surface area contributed by atoms with Gasteiger partial charge >= 0.3 is 0 Å². The molecule has 3 nitrogen and oxygen atoms in total. The summed E-state index contributed by atoms with van der Waals surface area (Å²) < 4.78 is 5.12. The zero-order valence-electron chi connectivity index (χ0n) is 12.4. The van der Waals surface area contributed by atoms with Crippen molar-refractivity contribution in [2.24, 2.45) is 17.1 Å². The monoisotopic (exact) mass is 257 g/mol. The molecule has 18 heavy (non-hydrogen) atoms. The van der Waals surface area contributed by atoms with Gasteiger partial charge in [-0.05, 0) is 44.9 Å². The van der Waals surface area contributed by atoms with E-state index in [-0.39, 0.29) is 5.41 Å². The Kier molecular flexibility index (Phi) is 6.09. The van der Waals surface area contributed by atoms with Gasteiger partial charge in [-0.2, -0.15) is 0 Å². The first-order valence-corrected chi connectivity index (χ1v) is 7.42. The lowest BCUT2D eigenvalue weighted by Gasteiger charge is -2.49. The van der Waals surface area contributed by atoms with Crippen LogP contribution in [0.5, 0.6) is 0 Å². The molecule has 0 saturated heterocycles. The third kappa shape index (κ3) is 3.46. The topological polar surface area (TPSA) is 55.5 Å². The predicted molar refractivity (Wildman–Crippen MR) is 75.5 cm³/mol. The Morgan fingerprint density at radius 3 is 2.44 bits per heavy atom. The second kappa shape index (κ2) is 6.88. The van der Waals surface area contributed by atoms with Gasteiger partial charge in [-0.25, -0.2) is 0 Å². The molecule has 3 heteroatoms. The molecule has 108 valence electrons. The van der Waals surface area contributed by atoms with E-state index in [1.165, 1.54) is 25.7 Å². The van der Waals surface area contributed by atoms with Crippen molar-refractivity contribution in [3.63, 3.8) is 0 Å². The lowest BCUT2D eigenvalue weighted by Crippen LogP contribution is -2.53. The molecule has 0 spiro atoms. The molecule has 0 aliphatic heterocycles. The maximum Gasteiger partial charge on any atom is 0.0709 e. The van der Waals surface area contributed by atoms with Gasteiger partial charge in [0.15, 0.2) is 0 Å². The highest BCUT2D eigenvalue weighted by molar-refractivity contribution is 4.99. The Morgan fingerprint density at radius 1 is 1.39 bits per heavy atom. The van der Waals surface area contributed by atoms with Crippen molar-refractivity contribution >= 4 is 0 Å². The molecule has 1 unspecified atom stereocenters. The molecule has 1 aliphatic carbocycles. The van der Waals surface area contributed by atoms with Crippen molar-refractivity contribution in [1.82, 2.24) is 0 Å². The highest BCUT2D eigenvalue weighted by atomic mass is 16.5. The quantitative estimate of drug-likeness (QED) is 0.737. The largest absolute Gasteiger partial charge is 0.389 e. The van der Waals surface area contributed by atoms with Crippen LogP contribution in [-0.2, 0) is 4.74 Å². The molecular formula is C15H31NO2. The van der Waals surface area contributed by atoms with Crippen molar-refractivity contribution < 1.29 is 9.84 Å². The minimum atomic E-state index is -0.699. The number of rotatable bonds is 7. The maximum atomic E-state index is 10.8. The van der Waals surface area contributed by atoms with Crippen LogP contribution in [0, 0.1) is 11.3 Å². The average Bonchev–Trinajstić information content (AvgIpc) is 2.37. The van der Waals surface area contributed by atoms with Gasteiger partial charge in [-0.3, -0.25) is 0 Å². The van der Waals surface area contributed by atoms with Gasteiger partial charge in [0.25, 0.3) is 0 Å². The van der Waals surface area contributed by atoms with Crippen LogP contribution in [0.1, 0.15) is 58.8 Å². The number of hydrogen-bond donors (Lipinski definition) is 2. The number of hydrogen-bond acceptors (Lipinski definition) is 3. The normalized spacial score (nSPS) is 32.2. The SMILES string of the molecule is CCCC1CCC(CN)(C(C)(O)CCOC)CC1. The molecule has 0 amide bonds. The standard InChI is InChI=1S/C15H31NO2/c1-4-5-13-6-8-15(12-16,9-7-13)14(2,17)10-11-18-3/h13,17H,4-12,16H2,1-3H3. The molecule has 1 fully saturated rings. The number of ether oxygens (including phenoxy) is 1. The minimum absolute atomic E-state index is 0.101. The summed E-state index contributed by atoms with van der Waals surface area (Å²) in [5.41, 5.74) is 5.21. The van der Waals surface area contributed by atoms with E-state index in [4.69, 9.17) is 10.5 Å². The fraction of sp³-hybridized carbons (Fsp3) is 1.00. The molecule has 1 atom stereocenters. The van der Waals surface area contributed by atoms with Crippen LogP contribution in [0.2, 0.25) is 0 Å². The Hall–Kier alpha value is -0.120. The molecule has 0 aromatic rings. The molecule has 0 radical (unpaired) electrons. The van der Waals surface area contributed by atoms with E-state index in [1.807, 2.05) is 6.92 Å². The Morgan fingerprint density at radius 2 is 2.00 bits per heavy atom. The summed E-state index contributed by atoms with van der Waals surface area (Å²) in [4.78, 5) is 0. The molecule has 1 saturated carbocycles. The molecule has 0 aromatic heterocycles. The third-order valence-corrected chi connectivity index (χ3v) is 5.09. The number of aliphatic hydroxyl groups is 1. The van der Waals surface area contributed by atoms with Gasteiger partial charge in [-0.15, -0.1) is 0 Å². The van der Waals surface area contributed by atoms with Crippen LogP contribution in [0.25, 0.3) is 0 Å². The zero-order chi connectivity index (χ0) is 13.6. The Bertz CT molecular complexity index is 233. The van der Waals surface area contributed by atoms with E-state index in [9.17, 15) is 5.11 Å². The summed E-state index contributed by atoms with van der Waals surface area (Å²) >= 11 is 0. The molecule has 0 bridgehead atoms. The van der Waals surface area contributed by atoms with Gasteiger partial charge in [0.2, 0.25) is 0 Å². The third-order valence-electron chi connectivity index (χ3n) is 5.09. The summed E-state index contributed by atoms with van der Waals surface area (Å²) in [6, 6.07) is 0. The van der Waals surface area contributed by atoms with E-state index >= 15 is 0 Å². The fourth-order valence-corrected chi connectivity index (χ4v) is 3.46. The van der Waals surface area contributed by atoms with Crippen LogP contribution in [0.4, 0.5) is 0 Å². The second-order valence-electron chi connectivity index (χ2n) is 6.23. The lowest BCUT2D eigenvalue weighted by atomic mass is 9.60. The van der Waals surface area contributed by atoms with Crippen molar-refractivity contribution in [2.45, 2.75) is 64.4 Å². The van der Waals surface area contributed by atoms with Crippen LogP contribution in [0.3, 0.4) is 0 Å². The van der Waals surface area contributed by atoms with Gasteiger partial charge < -0.3 is 15.6 Å². The summed E-state index contributed by atoms with van der Waals surface area (Å²) in [5.74, 6) is 0.841. The van der Waals surface area contributed by atoms with Gasteiger partial charge in [-0.1, -0.05) is 19.8 Å².